The zero-order valence-electron chi connectivity index (χ0n) is 25.4. The Morgan fingerprint density at radius 2 is 1.07 bits per heavy atom. The van der Waals surface area contributed by atoms with Crippen molar-refractivity contribution in [3.05, 3.63) is 71.8 Å². The van der Waals surface area contributed by atoms with Gasteiger partial charge < -0.3 is 18.9 Å². The summed E-state index contributed by atoms with van der Waals surface area (Å²) in [5.41, 5.74) is 0.439. The predicted octanol–water partition coefficient (Wildman–Crippen LogP) is 5.82. The van der Waals surface area contributed by atoms with Crippen molar-refractivity contribution in [3.63, 3.8) is 0 Å². The number of carbonyl (C=O) groups is 4. The smallest absolute Gasteiger partial charge is 0.410 e. The van der Waals surface area contributed by atoms with Crippen LogP contribution >= 0.6 is 0 Å². The van der Waals surface area contributed by atoms with Crippen LogP contribution in [0.15, 0.2) is 60.7 Å². The monoisotopic (exact) mass is 594 g/mol. The molecule has 0 unspecified atom stereocenters. The normalized spacial score (nSPS) is 19.8. The van der Waals surface area contributed by atoms with Gasteiger partial charge >= 0.3 is 24.1 Å². The minimum Gasteiger partial charge on any atom is -0.455 e. The average molecular weight is 595 g/mol. The highest BCUT2D eigenvalue weighted by molar-refractivity contribution is 5.83. The van der Waals surface area contributed by atoms with E-state index in [1.807, 2.05) is 74.5 Å². The van der Waals surface area contributed by atoms with Gasteiger partial charge in [-0.15, -0.1) is 0 Å². The van der Waals surface area contributed by atoms with Crippen LogP contribution in [-0.2, 0) is 28.5 Å². The van der Waals surface area contributed by atoms with Crippen molar-refractivity contribution < 1.29 is 38.1 Å². The maximum atomic E-state index is 13.7. The summed E-state index contributed by atoms with van der Waals surface area (Å²) in [5, 5.41) is 0. The van der Waals surface area contributed by atoms with Crippen molar-refractivity contribution in [1.82, 2.24) is 9.80 Å². The third-order valence-corrected chi connectivity index (χ3v) is 8.08. The van der Waals surface area contributed by atoms with E-state index in [2.05, 4.69) is 0 Å². The highest BCUT2D eigenvalue weighted by Crippen LogP contribution is 2.48. The van der Waals surface area contributed by atoms with E-state index in [0.29, 0.717) is 49.9 Å². The van der Waals surface area contributed by atoms with E-state index >= 15 is 0 Å². The fourth-order valence-electron chi connectivity index (χ4n) is 5.95. The number of amides is 2. The van der Waals surface area contributed by atoms with Crippen LogP contribution in [0.5, 0.6) is 0 Å². The van der Waals surface area contributed by atoms with Crippen LogP contribution in [0.4, 0.5) is 9.59 Å². The van der Waals surface area contributed by atoms with Gasteiger partial charge in [0.2, 0.25) is 0 Å². The molecule has 2 amide bonds. The number of benzene rings is 2. The third kappa shape index (κ3) is 7.29. The topological polar surface area (TPSA) is 112 Å². The second-order valence-electron chi connectivity index (χ2n) is 11.4. The molecule has 0 aliphatic carbocycles. The Bertz CT molecular complexity index is 1160. The van der Waals surface area contributed by atoms with E-state index in [0.717, 1.165) is 0 Å². The minimum absolute atomic E-state index is 0.204. The molecule has 4 atom stereocenters. The number of likely N-dealkylation sites (tertiary alicyclic amines) is 2. The van der Waals surface area contributed by atoms with E-state index in [1.165, 1.54) is 9.80 Å². The van der Waals surface area contributed by atoms with E-state index in [1.54, 1.807) is 13.8 Å². The molecule has 4 rings (SSSR count). The Hall–Kier alpha value is -4.08. The van der Waals surface area contributed by atoms with E-state index in [4.69, 9.17) is 18.9 Å². The molecular formula is C33H42N2O8. The number of hydrogen-bond acceptors (Lipinski definition) is 8. The Kier molecular flexibility index (Phi) is 10.7. The first-order chi connectivity index (χ1) is 20.7. The van der Waals surface area contributed by atoms with Crippen LogP contribution in [0.1, 0.15) is 76.7 Å². The van der Waals surface area contributed by atoms with Crippen molar-refractivity contribution >= 4 is 24.1 Å². The van der Waals surface area contributed by atoms with Crippen molar-refractivity contribution in [1.29, 1.82) is 0 Å². The van der Waals surface area contributed by atoms with Gasteiger partial charge in [0.15, 0.2) is 0 Å². The Morgan fingerprint density at radius 1 is 0.698 bits per heavy atom. The lowest BCUT2D eigenvalue weighted by atomic mass is 9.75. The molecule has 2 saturated heterocycles. The van der Waals surface area contributed by atoms with E-state index in [-0.39, 0.29) is 13.2 Å². The Balaban J connectivity index is 1.67. The average Bonchev–Trinajstić information content (AvgIpc) is 3.70. The molecule has 43 heavy (non-hydrogen) atoms. The predicted molar refractivity (Wildman–Crippen MR) is 158 cm³/mol. The van der Waals surface area contributed by atoms with E-state index in [9.17, 15) is 19.2 Å². The number of rotatable bonds is 10. The zero-order valence-corrected chi connectivity index (χ0v) is 25.4. The Morgan fingerprint density at radius 3 is 1.42 bits per heavy atom. The second kappa shape index (κ2) is 14.4. The number of ether oxygens (including phenoxy) is 4. The lowest BCUT2D eigenvalue weighted by molar-refractivity contribution is -0.178. The molecule has 2 heterocycles. The first kappa shape index (κ1) is 31.8. The molecule has 0 bridgehead atoms. The van der Waals surface area contributed by atoms with Crippen molar-refractivity contribution in [2.45, 2.75) is 77.7 Å². The summed E-state index contributed by atoms with van der Waals surface area (Å²) in [6.07, 6.45) is -0.569. The Labute approximate surface area is 253 Å². The molecule has 2 aliphatic rings. The highest BCUT2D eigenvalue weighted by Gasteiger charge is 2.47. The minimum atomic E-state index is -0.991. The fraction of sp³-hybridized carbons (Fsp3) is 0.515. The second-order valence-corrected chi connectivity index (χ2v) is 11.4. The molecule has 2 aromatic rings. The van der Waals surface area contributed by atoms with Crippen LogP contribution in [0.3, 0.4) is 0 Å². The fourth-order valence-corrected chi connectivity index (χ4v) is 5.95. The van der Waals surface area contributed by atoms with Gasteiger partial charge in [-0.1, -0.05) is 74.5 Å². The van der Waals surface area contributed by atoms with Crippen LogP contribution in [0.25, 0.3) is 0 Å². The summed E-state index contributed by atoms with van der Waals surface area (Å²) in [6.45, 7) is 8.43. The molecule has 0 radical (unpaired) electrons. The van der Waals surface area contributed by atoms with Gasteiger partial charge in [0.1, 0.15) is 24.3 Å². The number of hydrogen-bond donors (Lipinski definition) is 0. The lowest BCUT2D eigenvalue weighted by Gasteiger charge is -2.41. The zero-order chi connectivity index (χ0) is 31.0. The first-order valence-corrected chi connectivity index (χ1v) is 15.1. The van der Waals surface area contributed by atoms with Crippen LogP contribution in [0.2, 0.25) is 0 Å². The van der Waals surface area contributed by atoms with E-state index < -0.39 is 53.8 Å². The number of esters is 2. The summed E-state index contributed by atoms with van der Waals surface area (Å²) in [4.78, 5) is 55.4. The van der Waals surface area contributed by atoms with Crippen molar-refractivity contribution in [3.8, 4) is 0 Å². The summed E-state index contributed by atoms with van der Waals surface area (Å²) >= 11 is 0. The largest absolute Gasteiger partial charge is 0.455 e. The standard InChI is InChI=1S/C33H42N2O8/c1-5-40-31(38)34-21-13-19-25(34)29(36)42-27(23-15-9-7-10-16-23)33(3,4)28(24-17-11-8-12-18-24)43-30(37)26-20-14-22-35(26)32(39)41-6-2/h7-12,15-18,25-28H,5-6,13-14,19-22H2,1-4H3/t25-,26-,27+,28+/m0/s1. The molecule has 2 aromatic carbocycles. The van der Waals surface area contributed by atoms with Crippen LogP contribution < -0.4 is 0 Å². The molecule has 0 aromatic heterocycles. The quantitative estimate of drug-likeness (QED) is 0.250. The molecular weight excluding hydrogens is 552 g/mol. The van der Waals surface area contributed by atoms with Crippen molar-refractivity contribution in [2.24, 2.45) is 5.41 Å². The van der Waals surface area contributed by atoms with Gasteiger partial charge in [-0.25, -0.2) is 19.2 Å². The maximum Gasteiger partial charge on any atom is 0.410 e. The third-order valence-electron chi connectivity index (χ3n) is 8.08. The first-order valence-electron chi connectivity index (χ1n) is 15.1. The molecule has 0 N–H and O–H groups in total. The number of carbonyl (C=O) groups excluding carboxylic acids is 4. The molecule has 10 heteroatoms. The van der Waals surface area contributed by atoms with Gasteiger partial charge in [-0.2, -0.15) is 0 Å². The van der Waals surface area contributed by atoms with Gasteiger partial charge in [-0.05, 0) is 50.7 Å². The van der Waals surface area contributed by atoms with Gasteiger partial charge in [-0.3, -0.25) is 9.80 Å². The molecule has 0 saturated carbocycles. The van der Waals surface area contributed by atoms with Gasteiger partial charge in [0.05, 0.1) is 13.2 Å². The molecule has 0 spiro atoms. The molecule has 10 nitrogen and oxygen atoms in total. The van der Waals surface area contributed by atoms with Crippen LogP contribution in [-0.4, -0.2) is 72.3 Å². The number of nitrogens with zero attached hydrogens (tertiary/aromatic N) is 2. The van der Waals surface area contributed by atoms with Gasteiger partial charge in [0, 0.05) is 18.5 Å². The molecule has 2 aliphatic heterocycles. The molecule has 232 valence electrons. The lowest BCUT2D eigenvalue weighted by Crippen LogP contribution is -2.45. The summed E-state index contributed by atoms with van der Waals surface area (Å²) < 4.78 is 22.9. The maximum absolute atomic E-state index is 13.7. The summed E-state index contributed by atoms with van der Waals surface area (Å²) in [6, 6.07) is 17.0. The molecule has 2 fully saturated rings. The SMILES string of the molecule is CCOC(=O)N1CCC[C@H]1C(=O)O[C@H](c1ccccc1)C(C)(C)[C@H](OC(=O)[C@@H]1CCCN1C(=O)OCC)c1ccccc1. The summed E-state index contributed by atoms with van der Waals surface area (Å²) in [5.74, 6) is -1.09. The van der Waals surface area contributed by atoms with Crippen molar-refractivity contribution in [2.75, 3.05) is 26.3 Å². The van der Waals surface area contributed by atoms with Gasteiger partial charge in [0.25, 0.3) is 0 Å². The van der Waals surface area contributed by atoms with Crippen LogP contribution in [0, 0.1) is 5.41 Å². The highest BCUT2D eigenvalue weighted by atomic mass is 16.6. The summed E-state index contributed by atoms with van der Waals surface area (Å²) in [7, 11) is 0.